The van der Waals surface area contributed by atoms with Crippen molar-refractivity contribution < 1.29 is 24.2 Å². The third-order valence-corrected chi connectivity index (χ3v) is 5.26. The van der Waals surface area contributed by atoms with E-state index < -0.39 is 11.4 Å². The molecule has 1 aliphatic heterocycles. The molecular formula is C19H24N2O5. The molecule has 7 heteroatoms. The van der Waals surface area contributed by atoms with E-state index in [0.717, 1.165) is 12.8 Å². The molecule has 0 aromatic heterocycles. The highest BCUT2D eigenvalue weighted by molar-refractivity contribution is 6.05. The van der Waals surface area contributed by atoms with Gasteiger partial charge in [-0.3, -0.25) is 14.4 Å². The zero-order valence-corrected chi connectivity index (χ0v) is 14.9. The number of anilines is 1. The predicted octanol–water partition coefficient (Wildman–Crippen LogP) is 1.67. The average molecular weight is 360 g/mol. The minimum atomic E-state index is -1.00. The summed E-state index contributed by atoms with van der Waals surface area (Å²) in [6, 6.07) is 6.89. The van der Waals surface area contributed by atoms with Crippen LogP contribution in [0.3, 0.4) is 0 Å². The lowest BCUT2D eigenvalue weighted by Gasteiger charge is -2.33. The lowest BCUT2D eigenvalue weighted by molar-refractivity contribution is -0.154. The number of benzene rings is 1. The van der Waals surface area contributed by atoms with Gasteiger partial charge in [0.05, 0.1) is 16.7 Å². The summed E-state index contributed by atoms with van der Waals surface area (Å²) in [6.07, 6.45) is 2.51. The first-order valence-electron chi connectivity index (χ1n) is 8.90. The van der Waals surface area contributed by atoms with Gasteiger partial charge in [-0.25, -0.2) is 0 Å². The van der Waals surface area contributed by atoms with Gasteiger partial charge >= 0.3 is 5.97 Å². The Bertz CT molecular complexity index is 708. The Morgan fingerprint density at radius 3 is 2.50 bits per heavy atom. The lowest BCUT2D eigenvalue weighted by atomic mass is 9.80. The van der Waals surface area contributed by atoms with Gasteiger partial charge in [0.1, 0.15) is 0 Å². The summed E-state index contributed by atoms with van der Waals surface area (Å²) < 4.78 is 5.25. The quantitative estimate of drug-likeness (QED) is 0.804. The summed E-state index contributed by atoms with van der Waals surface area (Å²) in [5.41, 5.74) is -0.0895. The molecule has 2 N–H and O–H groups in total. The Balaban J connectivity index is 1.73. The average Bonchev–Trinajstić information content (AvgIpc) is 3.51. The number of ether oxygens (including phenoxy) is 1. The first-order valence-corrected chi connectivity index (χ1v) is 8.90. The van der Waals surface area contributed by atoms with Crippen molar-refractivity contribution in [3.63, 3.8) is 0 Å². The van der Waals surface area contributed by atoms with Crippen LogP contribution < -0.4 is 10.2 Å². The molecule has 0 unspecified atom stereocenters. The molecule has 0 radical (unpaired) electrons. The van der Waals surface area contributed by atoms with Crippen molar-refractivity contribution in [2.45, 2.75) is 25.7 Å². The van der Waals surface area contributed by atoms with Crippen LogP contribution in [0.15, 0.2) is 24.3 Å². The maximum Gasteiger partial charge on any atom is 0.311 e. The normalized spacial score (nSPS) is 18.8. The summed E-state index contributed by atoms with van der Waals surface area (Å²) in [6.45, 7) is 0.786. The smallest absolute Gasteiger partial charge is 0.311 e. The molecule has 1 heterocycles. The highest BCUT2D eigenvalue weighted by Crippen LogP contribution is 2.33. The minimum Gasteiger partial charge on any atom is -0.481 e. The van der Waals surface area contributed by atoms with Crippen molar-refractivity contribution in [2.24, 2.45) is 11.3 Å². The summed E-state index contributed by atoms with van der Waals surface area (Å²) >= 11 is 0. The zero-order valence-electron chi connectivity index (χ0n) is 14.9. The SMILES string of the molecule is CN(C(=O)C1CC1)c1ccccc1C(=O)NCC1(C(=O)O)CCOCC1. The van der Waals surface area contributed by atoms with E-state index in [4.69, 9.17) is 4.74 Å². The van der Waals surface area contributed by atoms with Crippen LogP contribution in [-0.2, 0) is 14.3 Å². The number of para-hydroxylation sites is 1. The number of hydrogen-bond donors (Lipinski definition) is 2. The highest BCUT2D eigenvalue weighted by Gasteiger charge is 2.40. The Kier molecular flexibility index (Phi) is 5.27. The Labute approximate surface area is 152 Å². The zero-order chi connectivity index (χ0) is 18.7. The van der Waals surface area contributed by atoms with Crippen molar-refractivity contribution in [3.05, 3.63) is 29.8 Å². The van der Waals surface area contributed by atoms with Crippen molar-refractivity contribution in [3.8, 4) is 0 Å². The molecule has 1 saturated heterocycles. The summed E-state index contributed by atoms with van der Waals surface area (Å²) in [5.74, 6) is -1.23. The second-order valence-electron chi connectivity index (χ2n) is 7.07. The monoisotopic (exact) mass is 360 g/mol. The number of aliphatic carboxylic acids is 1. The van der Waals surface area contributed by atoms with E-state index in [9.17, 15) is 19.5 Å². The number of nitrogens with zero attached hydrogens (tertiary/aromatic N) is 1. The standard InChI is InChI=1S/C19H24N2O5/c1-21(17(23)13-6-7-13)15-5-3-2-4-14(15)16(22)20-12-19(18(24)25)8-10-26-11-9-19/h2-5,13H,6-12H2,1H3,(H,20,22)(H,24,25). The molecule has 0 atom stereocenters. The van der Waals surface area contributed by atoms with E-state index in [1.165, 1.54) is 4.90 Å². The van der Waals surface area contributed by atoms with Crippen LogP contribution in [0.2, 0.25) is 0 Å². The van der Waals surface area contributed by atoms with E-state index in [-0.39, 0.29) is 24.3 Å². The third-order valence-electron chi connectivity index (χ3n) is 5.26. The molecule has 2 aliphatic rings. The number of carboxylic acid groups (broad SMARTS) is 1. The maximum absolute atomic E-state index is 12.7. The molecule has 2 amide bonds. The molecule has 26 heavy (non-hydrogen) atoms. The Hall–Kier alpha value is -2.41. The van der Waals surface area contributed by atoms with E-state index in [2.05, 4.69) is 5.32 Å². The van der Waals surface area contributed by atoms with Crippen LogP contribution in [-0.4, -0.2) is 49.7 Å². The number of nitrogens with one attached hydrogen (secondary N) is 1. The van der Waals surface area contributed by atoms with Gasteiger partial charge in [0, 0.05) is 32.7 Å². The van der Waals surface area contributed by atoms with Gasteiger partial charge in [-0.05, 0) is 37.8 Å². The number of carboxylic acids is 1. The van der Waals surface area contributed by atoms with Gasteiger partial charge in [-0.2, -0.15) is 0 Å². The van der Waals surface area contributed by atoms with E-state index in [1.54, 1.807) is 31.3 Å². The molecule has 3 rings (SSSR count). The fourth-order valence-electron chi connectivity index (χ4n) is 3.25. The fourth-order valence-corrected chi connectivity index (χ4v) is 3.25. The Morgan fingerprint density at radius 1 is 1.23 bits per heavy atom. The highest BCUT2D eigenvalue weighted by atomic mass is 16.5. The van der Waals surface area contributed by atoms with Gasteiger partial charge in [0.15, 0.2) is 0 Å². The van der Waals surface area contributed by atoms with Gasteiger partial charge in [0.25, 0.3) is 5.91 Å². The van der Waals surface area contributed by atoms with E-state index in [1.807, 2.05) is 0 Å². The predicted molar refractivity (Wildman–Crippen MR) is 95.0 cm³/mol. The van der Waals surface area contributed by atoms with Gasteiger partial charge in [-0.15, -0.1) is 0 Å². The van der Waals surface area contributed by atoms with Crippen LogP contribution in [0.25, 0.3) is 0 Å². The van der Waals surface area contributed by atoms with Crippen LogP contribution in [0.1, 0.15) is 36.0 Å². The van der Waals surface area contributed by atoms with Crippen LogP contribution >= 0.6 is 0 Å². The van der Waals surface area contributed by atoms with Crippen LogP contribution in [0, 0.1) is 11.3 Å². The lowest BCUT2D eigenvalue weighted by Crippen LogP contribution is -2.46. The topological polar surface area (TPSA) is 95.9 Å². The molecule has 1 aromatic carbocycles. The van der Waals surface area contributed by atoms with Gasteiger partial charge in [-0.1, -0.05) is 12.1 Å². The maximum atomic E-state index is 12.7. The number of amides is 2. The number of rotatable bonds is 6. The number of carbonyl (C=O) groups is 3. The van der Waals surface area contributed by atoms with Crippen LogP contribution in [0.4, 0.5) is 5.69 Å². The minimum absolute atomic E-state index is 0.0108. The van der Waals surface area contributed by atoms with Gasteiger partial charge in [0.2, 0.25) is 5.91 Å². The first-order chi connectivity index (χ1) is 12.4. The summed E-state index contributed by atoms with van der Waals surface area (Å²) in [5, 5.41) is 12.4. The third kappa shape index (κ3) is 3.72. The molecule has 1 aliphatic carbocycles. The molecule has 0 bridgehead atoms. The van der Waals surface area contributed by atoms with Gasteiger partial charge < -0.3 is 20.1 Å². The fraction of sp³-hybridized carbons (Fsp3) is 0.526. The first kappa shape index (κ1) is 18.4. The number of hydrogen-bond acceptors (Lipinski definition) is 4. The van der Waals surface area contributed by atoms with E-state index >= 15 is 0 Å². The van der Waals surface area contributed by atoms with Crippen molar-refractivity contribution in [2.75, 3.05) is 31.7 Å². The molecule has 140 valence electrons. The molecule has 0 spiro atoms. The molecule has 7 nitrogen and oxygen atoms in total. The molecule has 1 saturated carbocycles. The molecule has 1 aromatic rings. The van der Waals surface area contributed by atoms with Crippen molar-refractivity contribution in [1.82, 2.24) is 5.32 Å². The second kappa shape index (κ2) is 7.45. The second-order valence-corrected chi connectivity index (χ2v) is 7.07. The molecule has 2 fully saturated rings. The summed E-state index contributed by atoms with van der Waals surface area (Å²) in [4.78, 5) is 38.3. The Morgan fingerprint density at radius 2 is 1.88 bits per heavy atom. The van der Waals surface area contributed by atoms with E-state index in [0.29, 0.717) is 37.3 Å². The summed E-state index contributed by atoms with van der Waals surface area (Å²) in [7, 11) is 1.67. The number of carbonyl (C=O) groups excluding carboxylic acids is 2. The molecular weight excluding hydrogens is 336 g/mol. The van der Waals surface area contributed by atoms with Crippen LogP contribution in [0.5, 0.6) is 0 Å². The van der Waals surface area contributed by atoms with Crippen molar-refractivity contribution >= 4 is 23.5 Å². The van der Waals surface area contributed by atoms with Crippen molar-refractivity contribution in [1.29, 1.82) is 0 Å². The largest absolute Gasteiger partial charge is 0.481 e.